The van der Waals surface area contributed by atoms with Crippen molar-refractivity contribution in [2.45, 2.75) is 114 Å². The average Bonchev–Trinajstić information content (AvgIpc) is 3.81. The van der Waals surface area contributed by atoms with Gasteiger partial charge in [-0.3, -0.25) is 24.0 Å². The number of halogens is 1. The molecule has 17 heteroatoms. The van der Waals surface area contributed by atoms with Gasteiger partial charge in [-0.25, -0.2) is 4.79 Å². The first-order valence-corrected chi connectivity index (χ1v) is 20.3. The van der Waals surface area contributed by atoms with Crippen LogP contribution in [-0.2, 0) is 39.9 Å². The Morgan fingerprint density at radius 2 is 1.78 bits per heavy atom. The average molecular weight is 822 g/mol. The summed E-state index contributed by atoms with van der Waals surface area (Å²) in [4.78, 5) is 101. The maximum Gasteiger partial charge on any atom is 0.319 e. The molecular weight excluding hydrogens is 770 g/mol. The van der Waals surface area contributed by atoms with Crippen LogP contribution in [0, 0.1) is 6.92 Å². The van der Waals surface area contributed by atoms with E-state index in [1.807, 2.05) is 25.1 Å². The van der Waals surface area contributed by atoms with Gasteiger partial charge in [0, 0.05) is 43.2 Å². The van der Waals surface area contributed by atoms with E-state index < -0.39 is 83.5 Å². The molecule has 16 nitrogen and oxygen atoms in total. The van der Waals surface area contributed by atoms with Crippen molar-refractivity contribution >= 4 is 59.1 Å². The number of aliphatic hydroxyl groups excluding tert-OH is 1. The number of nitrogens with zero attached hydrogens (tertiary/aromatic N) is 3. The van der Waals surface area contributed by atoms with Crippen molar-refractivity contribution < 1.29 is 43.4 Å². The topological polar surface area (TPSA) is 207 Å². The first kappa shape index (κ1) is 42.5. The van der Waals surface area contributed by atoms with Gasteiger partial charge in [0.2, 0.25) is 29.5 Å². The number of hydrogen-bond donors (Lipinski definition) is 5. The molecule has 4 fully saturated rings. The van der Waals surface area contributed by atoms with Crippen LogP contribution in [0.1, 0.15) is 63.5 Å². The van der Waals surface area contributed by atoms with Crippen LogP contribution in [0.15, 0.2) is 48.5 Å². The maximum atomic E-state index is 14.8. The smallest absolute Gasteiger partial charge is 0.319 e. The second-order valence-electron chi connectivity index (χ2n) is 15.8. The SMILES string of the molecule is Cc1cccc(C[C@H](NC(=O)Nc2cccc(Cl)c2)C(=O)N[C@@H]2C(=O)N3C[C@H](O)C[C@H]3C(=O)N3CCCC[C@H]3C(=O)N[C@@H](C)C(=O)N3CCCC3(C=O)CO[C@H]2C)c1. The lowest BCUT2D eigenvalue weighted by Crippen LogP contribution is -2.64. The summed E-state index contributed by atoms with van der Waals surface area (Å²) in [5.74, 6) is -3.06. The molecule has 0 spiro atoms. The van der Waals surface area contributed by atoms with Gasteiger partial charge in [-0.15, -0.1) is 0 Å². The van der Waals surface area contributed by atoms with Crippen LogP contribution in [0.25, 0.3) is 0 Å². The molecule has 4 aliphatic heterocycles. The highest BCUT2D eigenvalue weighted by Crippen LogP contribution is 2.31. The van der Waals surface area contributed by atoms with Crippen LogP contribution in [-0.4, -0.2) is 136 Å². The molecule has 7 amide bonds. The summed E-state index contributed by atoms with van der Waals surface area (Å²) >= 11 is 6.12. The van der Waals surface area contributed by atoms with Gasteiger partial charge in [-0.05, 0) is 76.6 Å². The van der Waals surface area contributed by atoms with Crippen LogP contribution >= 0.6 is 11.6 Å². The fourth-order valence-electron chi connectivity index (χ4n) is 8.45. The lowest BCUT2D eigenvalue weighted by atomic mass is 9.97. The van der Waals surface area contributed by atoms with Gasteiger partial charge in [0.15, 0.2) is 0 Å². The number of amides is 7. The summed E-state index contributed by atoms with van der Waals surface area (Å²) in [7, 11) is 0. The van der Waals surface area contributed by atoms with Crippen LogP contribution in [0.4, 0.5) is 10.5 Å². The highest BCUT2D eigenvalue weighted by atomic mass is 35.5. The van der Waals surface area contributed by atoms with Gasteiger partial charge >= 0.3 is 6.03 Å². The highest BCUT2D eigenvalue weighted by Gasteiger charge is 2.50. The second-order valence-corrected chi connectivity index (χ2v) is 16.3. The third-order valence-corrected chi connectivity index (χ3v) is 11.8. The molecule has 4 aliphatic rings. The Labute approximate surface area is 342 Å². The number of anilines is 1. The number of nitrogens with one attached hydrogen (secondary N) is 4. The predicted octanol–water partition coefficient (Wildman–Crippen LogP) is 1.69. The van der Waals surface area contributed by atoms with Gasteiger partial charge < -0.3 is 50.6 Å². The van der Waals surface area contributed by atoms with Crippen molar-refractivity contribution in [1.82, 2.24) is 30.7 Å². The van der Waals surface area contributed by atoms with Gasteiger partial charge in [-0.1, -0.05) is 47.5 Å². The number of fused-ring (bicyclic) bond motifs is 3. The molecule has 0 radical (unpaired) electrons. The molecule has 0 bridgehead atoms. The van der Waals surface area contributed by atoms with Gasteiger partial charge in [0.25, 0.3) is 0 Å². The number of hydrogen-bond acceptors (Lipinski definition) is 9. The minimum Gasteiger partial charge on any atom is -0.391 e. The van der Waals surface area contributed by atoms with Crippen molar-refractivity contribution in [2.75, 3.05) is 31.6 Å². The fourth-order valence-corrected chi connectivity index (χ4v) is 8.64. The monoisotopic (exact) mass is 821 g/mol. The van der Waals surface area contributed by atoms with Crippen molar-refractivity contribution in [1.29, 1.82) is 0 Å². The fraction of sp³-hybridized carbons (Fsp3) is 0.537. The second kappa shape index (κ2) is 18.2. The number of piperidine rings is 1. The molecule has 8 atom stereocenters. The molecule has 4 heterocycles. The molecule has 4 saturated heterocycles. The van der Waals surface area contributed by atoms with Crippen LogP contribution < -0.4 is 21.3 Å². The number of ether oxygens (including phenoxy) is 1. The molecule has 1 unspecified atom stereocenters. The molecule has 0 saturated carbocycles. The van der Waals surface area contributed by atoms with Crippen molar-refractivity contribution in [3.63, 3.8) is 0 Å². The molecule has 0 aromatic heterocycles. The van der Waals surface area contributed by atoms with E-state index in [1.54, 1.807) is 30.3 Å². The number of rotatable bonds is 7. The van der Waals surface area contributed by atoms with Gasteiger partial charge in [0.1, 0.15) is 42.0 Å². The molecule has 2 aromatic carbocycles. The first-order valence-electron chi connectivity index (χ1n) is 19.9. The van der Waals surface area contributed by atoms with Crippen molar-refractivity contribution in [3.8, 4) is 0 Å². The predicted molar refractivity (Wildman–Crippen MR) is 212 cm³/mol. The number of urea groups is 1. The van der Waals surface area contributed by atoms with Crippen LogP contribution in [0.2, 0.25) is 5.02 Å². The van der Waals surface area contributed by atoms with E-state index in [-0.39, 0.29) is 45.5 Å². The third-order valence-electron chi connectivity index (χ3n) is 11.5. The summed E-state index contributed by atoms with van der Waals surface area (Å²) in [6.45, 7) is 4.83. The van der Waals surface area contributed by atoms with E-state index in [4.69, 9.17) is 16.3 Å². The van der Waals surface area contributed by atoms with E-state index in [1.165, 1.54) is 28.5 Å². The van der Waals surface area contributed by atoms with Gasteiger partial charge in [0.05, 0.1) is 18.8 Å². The number of benzene rings is 2. The molecule has 0 aliphatic carbocycles. The Morgan fingerprint density at radius 3 is 2.52 bits per heavy atom. The Balaban J connectivity index is 1.35. The van der Waals surface area contributed by atoms with Crippen LogP contribution in [0.5, 0.6) is 0 Å². The van der Waals surface area contributed by atoms with E-state index in [0.29, 0.717) is 42.7 Å². The van der Waals surface area contributed by atoms with Gasteiger partial charge in [-0.2, -0.15) is 0 Å². The lowest BCUT2D eigenvalue weighted by molar-refractivity contribution is -0.155. The summed E-state index contributed by atoms with van der Waals surface area (Å²) < 4.78 is 6.27. The Bertz CT molecular complexity index is 1920. The molecule has 6 rings (SSSR count). The van der Waals surface area contributed by atoms with E-state index in [2.05, 4.69) is 21.3 Å². The lowest BCUT2D eigenvalue weighted by Gasteiger charge is -2.41. The molecule has 312 valence electrons. The van der Waals surface area contributed by atoms with E-state index >= 15 is 0 Å². The summed E-state index contributed by atoms with van der Waals surface area (Å²) in [5, 5.41) is 22.2. The largest absolute Gasteiger partial charge is 0.391 e. The van der Waals surface area contributed by atoms with Crippen LogP contribution in [0.3, 0.4) is 0 Å². The normalized spacial score (nSPS) is 28.8. The van der Waals surface area contributed by atoms with E-state index in [0.717, 1.165) is 11.1 Å². The first-order chi connectivity index (χ1) is 27.7. The molecule has 2 aromatic rings. The number of carbonyl (C=O) groups is 7. The minimum atomic E-state index is -1.49. The zero-order chi connectivity index (χ0) is 41.7. The minimum absolute atomic E-state index is 0.0259. The number of carbonyl (C=O) groups excluding carboxylic acids is 7. The summed E-state index contributed by atoms with van der Waals surface area (Å²) in [5.41, 5.74) is 0.596. The third kappa shape index (κ3) is 9.45. The molecular formula is C41H52ClN7O9. The zero-order valence-corrected chi connectivity index (χ0v) is 33.7. The zero-order valence-electron chi connectivity index (χ0n) is 32.9. The summed E-state index contributed by atoms with van der Waals surface area (Å²) in [6, 6.07) is 7.27. The van der Waals surface area contributed by atoms with Crippen molar-refractivity contribution in [3.05, 3.63) is 64.7 Å². The van der Waals surface area contributed by atoms with E-state index in [9.17, 15) is 38.7 Å². The molecule has 58 heavy (non-hydrogen) atoms. The Hall–Kier alpha value is -5.06. The maximum absolute atomic E-state index is 14.8. The highest BCUT2D eigenvalue weighted by molar-refractivity contribution is 6.30. The Kier molecular flexibility index (Phi) is 13.4. The Morgan fingerprint density at radius 1 is 1.00 bits per heavy atom. The van der Waals surface area contributed by atoms with Crippen molar-refractivity contribution in [2.24, 2.45) is 0 Å². The standard InChI is InChI=1S/C41H52ClN7O9/c1-24-9-6-10-27(17-24)18-31(45-40(57)44-29-12-7-11-28(42)19-29)35(52)46-34-26(3)58-23-41(22-50)14-8-16-49(41)37(54)25(2)43-36(53)32-13-4-5-15-47(32)38(55)33-20-30(51)21-48(33)39(34)56/h6-7,9-12,17,19,22,25-26,30-34,51H,4-5,8,13-16,18,20-21,23H2,1-3H3,(H,43,53)(H,46,52)(H2,44,45,57)/t25-,26-,30+,31-,32-,33-,34-,41?/m0/s1. The summed E-state index contributed by atoms with van der Waals surface area (Å²) in [6.07, 6.45) is 0.651. The molecule has 5 N–H and O–H groups in total. The number of aliphatic hydroxyl groups is 1. The quantitative estimate of drug-likeness (QED) is 0.258. The number of aryl methyl sites for hydroxylation is 1. The number of aldehydes is 1.